The molecule has 1 N–H and O–H groups in total. The number of piperazine rings is 1. The molecule has 19 heavy (non-hydrogen) atoms. The maximum absolute atomic E-state index is 12.1. The van der Waals surface area contributed by atoms with Crippen LogP contribution in [0.2, 0.25) is 0 Å². The van der Waals surface area contributed by atoms with Crippen LogP contribution in [-0.4, -0.2) is 74.1 Å². The van der Waals surface area contributed by atoms with E-state index in [0.29, 0.717) is 26.2 Å². The maximum Gasteiger partial charge on any atom is 0.355 e. The zero-order chi connectivity index (χ0) is 14.2. The Hall–Kier alpha value is -1.74. The Kier molecular flexibility index (Phi) is 3.42. The van der Waals surface area contributed by atoms with Gasteiger partial charge in [-0.2, -0.15) is 12.8 Å². The first kappa shape index (κ1) is 13.7. The molecular weight excluding hydrogens is 274 g/mol. The fourth-order valence-corrected chi connectivity index (χ4v) is 2.94. The van der Waals surface area contributed by atoms with Crippen LogP contribution in [0.4, 0.5) is 0 Å². The van der Waals surface area contributed by atoms with Crippen LogP contribution in [0.15, 0.2) is 15.4 Å². The van der Waals surface area contributed by atoms with Gasteiger partial charge in [0.1, 0.15) is 0 Å². The number of hydrogen-bond acceptors (Lipinski definition) is 5. The van der Waals surface area contributed by atoms with E-state index in [0.717, 1.165) is 6.08 Å². The summed E-state index contributed by atoms with van der Waals surface area (Å²) in [5.41, 5.74) is -0.627. The van der Waals surface area contributed by atoms with E-state index in [9.17, 15) is 18.0 Å². The number of sulfonamides is 1. The van der Waals surface area contributed by atoms with Crippen LogP contribution in [0.5, 0.6) is 0 Å². The normalized spacial score (nSPS) is 22.9. The summed E-state index contributed by atoms with van der Waals surface area (Å²) in [6, 6.07) is 0. The fourth-order valence-electron chi connectivity index (χ4n) is 1.84. The molecule has 0 saturated carbocycles. The minimum absolute atomic E-state index is 0.407. The number of carboxylic acids is 1. The number of nitrogens with zero attached hydrogens (tertiary/aromatic N) is 3. The Balaban J connectivity index is 2.21. The average Bonchev–Trinajstić information content (AvgIpc) is 2.65. The quantitative estimate of drug-likeness (QED) is 0.663. The summed E-state index contributed by atoms with van der Waals surface area (Å²) >= 11 is 0. The number of carbonyl (C=O) groups is 2. The summed E-state index contributed by atoms with van der Waals surface area (Å²) in [7, 11) is -2.28. The zero-order valence-corrected chi connectivity index (χ0v) is 11.1. The molecule has 2 heterocycles. The smallest absolute Gasteiger partial charge is 0.355 e. The lowest BCUT2D eigenvalue weighted by Gasteiger charge is -2.32. The summed E-state index contributed by atoms with van der Waals surface area (Å²) in [5, 5.41) is 8.72. The van der Waals surface area contributed by atoms with Gasteiger partial charge >= 0.3 is 5.97 Å². The molecular formula is C10H13N3O5S. The molecule has 2 rings (SSSR count). The van der Waals surface area contributed by atoms with Crippen LogP contribution < -0.4 is 0 Å². The van der Waals surface area contributed by atoms with Crippen molar-refractivity contribution in [3.8, 4) is 0 Å². The molecule has 0 unspecified atom stereocenters. The fraction of sp³-hybridized carbons (Fsp3) is 0.500. The average molecular weight is 287 g/mol. The molecule has 0 aromatic carbocycles. The van der Waals surface area contributed by atoms with E-state index < -0.39 is 32.5 Å². The number of carboxylic acid groups (broad SMARTS) is 1. The van der Waals surface area contributed by atoms with E-state index in [-0.39, 0.29) is 0 Å². The highest BCUT2D eigenvalue weighted by molar-refractivity contribution is 7.95. The monoisotopic (exact) mass is 287 g/mol. The largest absolute Gasteiger partial charge is 0.476 e. The molecule has 0 atom stereocenters. The number of likely N-dealkylation sites (N-methyl/N-ethyl adjacent to an activating group) is 1. The molecule has 2 aliphatic rings. The molecule has 0 aromatic rings. The molecule has 0 aliphatic carbocycles. The summed E-state index contributed by atoms with van der Waals surface area (Å²) in [4.78, 5) is 25.6. The van der Waals surface area contributed by atoms with Crippen LogP contribution in [0, 0.1) is 0 Å². The van der Waals surface area contributed by atoms with Gasteiger partial charge in [0.05, 0.1) is 0 Å². The van der Waals surface area contributed by atoms with Crippen molar-refractivity contribution in [2.45, 2.75) is 0 Å². The second-order valence-corrected chi connectivity index (χ2v) is 5.93. The van der Waals surface area contributed by atoms with Gasteiger partial charge in [-0.05, 0) is 13.1 Å². The van der Waals surface area contributed by atoms with Crippen LogP contribution in [0.25, 0.3) is 0 Å². The third-order valence-electron chi connectivity index (χ3n) is 2.98. The standard InChI is InChI=1S/C10H13N3O5S/c1-12-2-4-13(5-3-12)9(14)8-6-7(10(15)16)11-19(8,17)18/h6H,2-5H2,1H3,(H,15,16). The molecule has 0 radical (unpaired) electrons. The Morgan fingerprint density at radius 1 is 1.26 bits per heavy atom. The lowest BCUT2D eigenvalue weighted by Crippen LogP contribution is -2.47. The Bertz CT molecular complexity index is 584. The van der Waals surface area contributed by atoms with Gasteiger partial charge in [-0.3, -0.25) is 4.79 Å². The first-order valence-electron chi connectivity index (χ1n) is 5.59. The maximum atomic E-state index is 12.1. The summed E-state index contributed by atoms with van der Waals surface area (Å²) < 4.78 is 26.4. The summed E-state index contributed by atoms with van der Waals surface area (Å²) in [6.45, 7) is 2.10. The van der Waals surface area contributed by atoms with Crippen molar-refractivity contribution < 1.29 is 23.1 Å². The topological polar surface area (TPSA) is 107 Å². The summed E-state index contributed by atoms with van der Waals surface area (Å²) in [5.74, 6) is -2.15. The number of rotatable bonds is 2. The molecule has 0 spiro atoms. The molecule has 0 bridgehead atoms. The molecule has 2 aliphatic heterocycles. The summed E-state index contributed by atoms with van der Waals surface area (Å²) in [6.07, 6.45) is 0.818. The number of aliphatic carboxylic acids is 1. The Morgan fingerprint density at radius 3 is 2.32 bits per heavy atom. The number of hydrogen-bond donors (Lipinski definition) is 1. The second kappa shape index (κ2) is 4.74. The lowest BCUT2D eigenvalue weighted by atomic mass is 10.3. The van der Waals surface area contributed by atoms with Crippen molar-refractivity contribution in [2.75, 3.05) is 33.2 Å². The first-order chi connectivity index (χ1) is 8.81. The van der Waals surface area contributed by atoms with Crippen molar-refractivity contribution in [1.82, 2.24) is 9.80 Å². The third kappa shape index (κ3) is 2.66. The predicted octanol–water partition coefficient (Wildman–Crippen LogP) is -1.49. The highest BCUT2D eigenvalue weighted by atomic mass is 32.2. The van der Waals surface area contributed by atoms with Crippen molar-refractivity contribution in [1.29, 1.82) is 0 Å². The first-order valence-corrected chi connectivity index (χ1v) is 7.03. The van der Waals surface area contributed by atoms with Gasteiger partial charge in [0.2, 0.25) is 0 Å². The van der Waals surface area contributed by atoms with Crippen molar-refractivity contribution in [2.24, 2.45) is 4.40 Å². The molecule has 9 heteroatoms. The van der Waals surface area contributed by atoms with E-state index in [2.05, 4.69) is 4.40 Å². The molecule has 8 nitrogen and oxygen atoms in total. The molecule has 1 fully saturated rings. The second-order valence-electron chi connectivity index (χ2n) is 4.36. The van der Waals surface area contributed by atoms with Gasteiger partial charge in [0, 0.05) is 26.2 Å². The Labute approximate surface area is 110 Å². The van der Waals surface area contributed by atoms with Crippen molar-refractivity contribution in [3.05, 3.63) is 11.0 Å². The zero-order valence-electron chi connectivity index (χ0n) is 10.2. The lowest BCUT2D eigenvalue weighted by molar-refractivity contribution is -0.129. The van der Waals surface area contributed by atoms with Crippen LogP contribution >= 0.6 is 0 Å². The molecule has 104 valence electrons. The van der Waals surface area contributed by atoms with Crippen molar-refractivity contribution in [3.63, 3.8) is 0 Å². The van der Waals surface area contributed by atoms with Gasteiger partial charge in [0.25, 0.3) is 15.9 Å². The predicted molar refractivity (Wildman–Crippen MR) is 66.2 cm³/mol. The highest BCUT2D eigenvalue weighted by Gasteiger charge is 2.36. The van der Waals surface area contributed by atoms with Gasteiger partial charge in [-0.15, -0.1) is 0 Å². The van der Waals surface area contributed by atoms with Crippen LogP contribution in [-0.2, 0) is 19.6 Å². The minimum atomic E-state index is -4.18. The van der Waals surface area contributed by atoms with E-state index in [1.54, 1.807) is 0 Å². The van der Waals surface area contributed by atoms with E-state index in [4.69, 9.17) is 5.11 Å². The number of carbonyl (C=O) groups excluding carboxylic acids is 1. The third-order valence-corrected chi connectivity index (χ3v) is 4.27. The molecule has 1 amide bonds. The van der Waals surface area contributed by atoms with E-state index in [1.165, 1.54) is 4.90 Å². The van der Waals surface area contributed by atoms with Gasteiger partial charge < -0.3 is 14.9 Å². The SMILES string of the molecule is CN1CCN(C(=O)C2=CC(C(=O)O)=NS2(=O)=O)CC1. The van der Waals surface area contributed by atoms with Gasteiger partial charge in [-0.25, -0.2) is 4.79 Å². The minimum Gasteiger partial charge on any atom is -0.476 e. The van der Waals surface area contributed by atoms with Gasteiger partial charge in [0.15, 0.2) is 10.6 Å². The van der Waals surface area contributed by atoms with E-state index >= 15 is 0 Å². The van der Waals surface area contributed by atoms with Crippen LogP contribution in [0.1, 0.15) is 0 Å². The highest BCUT2D eigenvalue weighted by Crippen LogP contribution is 2.20. The van der Waals surface area contributed by atoms with Crippen molar-refractivity contribution >= 4 is 27.6 Å². The molecule has 1 saturated heterocycles. The number of amides is 1. The van der Waals surface area contributed by atoms with Gasteiger partial charge in [-0.1, -0.05) is 0 Å². The Morgan fingerprint density at radius 2 is 1.84 bits per heavy atom. The van der Waals surface area contributed by atoms with Crippen LogP contribution in [0.3, 0.4) is 0 Å². The van der Waals surface area contributed by atoms with E-state index in [1.807, 2.05) is 11.9 Å². The molecule has 0 aromatic heterocycles.